The second-order valence-corrected chi connectivity index (χ2v) is 5.28. The van der Waals surface area contributed by atoms with Gasteiger partial charge in [-0.25, -0.2) is 0 Å². The number of carbonyl (C=O) groups excluding carboxylic acids is 1. The third-order valence-electron chi connectivity index (χ3n) is 3.72. The Bertz CT molecular complexity index is 611. The van der Waals surface area contributed by atoms with Crippen LogP contribution in [0.1, 0.15) is 11.1 Å². The molecule has 1 N–H and O–H groups in total. The van der Waals surface area contributed by atoms with Crippen molar-refractivity contribution >= 4 is 16.9 Å². The number of furan rings is 1. The zero-order valence-corrected chi connectivity index (χ0v) is 10.9. The van der Waals surface area contributed by atoms with Crippen molar-refractivity contribution in [1.82, 2.24) is 4.90 Å². The smallest absolute Gasteiger partial charge is 0.227 e. The second kappa shape index (κ2) is 4.70. The first-order valence-electron chi connectivity index (χ1n) is 6.52. The Hall–Kier alpha value is -1.81. The molecule has 1 fully saturated rings. The van der Waals surface area contributed by atoms with Crippen LogP contribution in [0, 0.1) is 12.8 Å². The Balaban J connectivity index is 1.73. The Kier molecular flexibility index (Phi) is 3.03. The Labute approximate surface area is 111 Å². The minimum atomic E-state index is 0.105. The lowest BCUT2D eigenvalue weighted by Crippen LogP contribution is -2.51. The summed E-state index contributed by atoms with van der Waals surface area (Å²) in [5.41, 5.74) is 2.92. The maximum absolute atomic E-state index is 12.1. The molecule has 100 valence electrons. The number of amides is 1. The molecule has 1 aromatic heterocycles. The number of benzene rings is 1. The van der Waals surface area contributed by atoms with E-state index in [1.807, 2.05) is 25.1 Å². The van der Waals surface area contributed by atoms with Crippen LogP contribution >= 0.6 is 0 Å². The number of carbonyl (C=O) groups is 1. The van der Waals surface area contributed by atoms with Crippen molar-refractivity contribution in [1.29, 1.82) is 0 Å². The summed E-state index contributed by atoms with van der Waals surface area (Å²) in [4.78, 5) is 13.9. The van der Waals surface area contributed by atoms with Crippen molar-refractivity contribution in [3.63, 3.8) is 0 Å². The van der Waals surface area contributed by atoms with Crippen molar-refractivity contribution in [2.45, 2.75) is 13.3 Å². The number of aliphatic hydroxyl groups is 1. The fourth-order valence-corrected chi connectivity index (χ4v) is 2.49. The SMILES string of the molecule is Cc1ccc2c(CC(=O)N3CC(CO)C3)coc2c1. The molecule has 0 saturated carbocycles. The molecular weight excluding hydrogens is 242 g/mol. The van der Waals surface area contributed by atoms with Gasteiger partial charge in [-0.2, -0.15) is 0 Å². The Morgan fingerprint density at radius 2 is 2.26 bits per heavy atom. The molecule has 0 bridgehead atoms. The highest BCUT2D eigenvalue weighted by Gasteiger charge is 2.30. The van der Waals surface area contributed by atoms with E-state index in [0.29, 0.717) is 19.5 Å². The molecule has 2 aromatic rings. The Morgan fingerprint density at radius 1 is 1.47 bits per heavy atom. The number of hydrogen-bond acceptors (Lipinski definition) is 3. The minimum Gasteiger partial charge on any atom is -0.464 e. The number of hydrogen-bond donors (Lipinski definition) is 1. The lowest BCUT2D eigenvalue weighted by molar-refractivity contribution is -0.137. The summed E-state index contributed by atoms with van der Waals surface area (Å²) in [6.07, 6.45) is 2.04. The first-order chi connectivity index (χ1) is 9.17. The van der Waals surface area contributed by atoms with E-state index in [1.165, 1.54) is 0 Å². The van der Waals surface area contributed by atoms with Crippen molar-refractivity contribution in [2.24, 2.45) is 5.92 Å². The maximum Gasteiger partial charge on any atom is 0.227 e. The van der Waals surface area contributed by atoms with E-state index in [9.17, 15) is 4.79 Å². The third kappa shape index (κ3) is 2.24. The molecule has 1 amide bonds. The van der Waals surface area contributed by atoms with E-state index < -0.39 is 0 Å². The van der Waals surface area contributed by atoms with Gasteiger partial charge in [-0.05, 0) is 18.6 Å². The topological polar surface area (TPSA) is 53.7 Å². The van der Waals surface area contributed by atoms with Gasteiger partial charge in [0, 0.05) is 36.6 Å². The average molecular weight is 259 g/mol. The molecule has 0 aliphatic carbocycles. The summed E-state index contributed by atoms with van der Waals surface area (Å²) >= 11 is 0. The predicted molar refractivity (Wildman–Crippen MR) is 71.8 cm³/mol. The quantitative estimate of drug-likeness (QED) is 0.913. The van der Waals surface area contributed by atoms with Gasteiger partial charge >= 0.3 is 0 Å². The first-order valence-corrected chi connectivity index (χ1v) is 6.52. The van der Waals surface area contributed by atoms with Gasteiger partial charge in [-0.15, -0.1) is 0 Å². The lowest BCUT2D eigenvalue weighted by atomic mass is 10.00. The monoisotopic (exact) mass is 259 g/mol. The lowest BCUT2D eigenvalue weighted by Gasteiger charge is -2.38. The summed E-state index contributed by atoms with van der Waals surface area (Å²) in [5, 5.41) is 9.97. The van der Waals surface area contributed by atoms with Gasteiger partial charge in [0.2, 0.25) is 5.91 Å². The standard InChI is InChI=1S/C15H17NO3/c1-10-2-3-13-12(9-19-14(13)4-10)5-15(18)16-6-11(7-16)8-17/h2-4,9,11,17H,5-8H2,1H3. The second-order valence-electron chi connectivity index (χ2n) is 5.28. The largest absolute Gasteiger partial charge is 0.464 e. The van der Waals surface area contributed by atoms with Crippen LogP contribution in [-0.2, 0) is 11.2 Å². The highest BCUT2D eigenvalue weighted by atomic mass is 16.3. The van der Waals surface area contributed by atoms with Crippen molar-refractivity contribution < 1.29 is 14.3 Å². The normalized spacial score (nSPS) is 15.8. The molecule has 0 spiro atoms. The van der Waals surface area contributed by atoms with Gasteiger partial charge in [-0.3, -0.25) is 4.79 Å². The van der Waals surface area contributed by atoms with Crippen molar-refractivity contribution in [2.75, 3.05) is 19.7 Å². The molecule has 19 heavy (non-hydrogen) atoms. The van der Waals surface area contributed by atoms with Gasteiger partial charge in [0.15, 0.2) is 0 Å². The number of rotatable bonds is 3. The number of aryl methyl sites for hydroxylation is 1. The van der Waals surface area contributed by atoms with E-state index >= 15 is 0 Å². The van der Waals surface area contributed by atoms with Gasteiger partial charge in [-0.1, -0.05) is 12.1 Å². The molecule has 4 nitrogen and oxygen atoms in total. The molecule has 0 atom stereocenters. The van der Waals surface area contributed by atoms with E-state index in [0.717, 1.165) is 22.1 Å². The average Bonchev–Trinajstić information content (AvgIpc) is 2.70. The summed E-state index contributed by atoms with van der Waals surface area (Å²) in [6, 6.07) is 6.01. The van der Waals surface area contributed by atoms with Gasteiger partial charge in [0.05, 0.1) is 12.7 Å². The van der Waals surface area contributed by atoms with Crippen LogP contribution in [0.25, 0.3) is 11.0 Å². The number of fused-ring (bicyclic) bond motifs is 1. The van der Waals surface area contributed by atoms with E-state index in [4.69, 9.17) is 9.52 Å². The van der Waals surface area contributed by atoms with Crippen LogP contribution < -0.4 is 0 Å². The van der Waals surface area contributed by atoms with E-state index in [1.54, 1.807) is 11.2 Å². The van der Waals surface area contributed by atoms with Crippen molar-refractivity contribution in [3.05, 3.63) is 35.6 Å². The first kappa shape index (κ1) is 12.2. The van der Waals surface area contributed by atoms with Gasteiger partial charge in [0.25, 0.3) is 0 Å². The highest BCUT2D eigenvalue weighted by Crippen LogP contribution is 2.24. The number of likely N-dealkylation sites (tertiary alicyclic amines) is 1. The summed E-state index contributed by atoms with van der Waals surface area (Å²) in [6.45, 7) is 3.52. The molecule has 4 heteroatoms. The molecule has 0 unspecified atom stereocenters. The van der Waals surface area contributed by atoms with Crippen LogP contribution in [-0.4, -0.2) is 35.6 Å². The molecule has 1 aromatic carbocycles. The third-order valence-corrected chi connectivity index (χ3v) is 3.72. The highest BCUT2D eigenvalue weighted by molar-refractivity contribution is 5.88. The van der Waals surface area contributed by atoms with Crippen molar-refractivity contribution in [3.8, 4) is 0 Å². The molecule has 1 saturated heterocycles. The molecule has 1 aliphatic heterocycles. The van der Waals surface area contributed by atoms with Gasteiger partial charge in [0.1, 0.15) is 5.58 Å². The zero-order chi connectivity index (χ0) is 13.4. The van der Waals surface area contributed by atoms with E-state index in [2.05, 4.69) is 0 Å². The van der Waals surface area contributed by atoms with Crippen LogP contribution in [0.3, 0.4) is 0 Å². The zero-order valence-electron chi connectivity index (χ0n) is 10.9. The predicted octanol–water partition coefficient (Wildman–Crippen LogP) is 1.73. The minimum absolute atomic E-state index is 0.105. The van der Waals surface area contributed by atoms with Gasteiger partial charge < -0.3 is 14.4 Å². The summed E-state index contributed by atoms with van der Waals surface area (Å²) < 4.78 is 5.49. The molecule has 1 aliphatic rings. The van der Waals surface area contributed by atoms with Crippen LogP contribution in [0.2, 0.25) is 0 Å². The molecule has 0 radical (unpaired) electrons. The van der Waals surface area contributed by atoms with Crippen LogP contribution in [0.15, 0.2) is 28.9 Å². The Morgan fingerprint density at radius 3 is 3.00 bits per heavy atom. The number of aliphatic hydroxyl groups excluding tert-OH is 1. The van der Waals surface area contributed by atoms with E-state index in [-0.39, 0.29) is 18.4 Å². The fourth-order valence-electron chi connectivity index (χ4n) is 2.49. The fraction of sp³-hybridized carbons (Fsp3) is 0.400. The molecular formula is C15H17NO3. The summed E-state index contributed by atoms with van der Waals surface area (Å²) in [5.74, 6) is 0.362. The molecule has 3 rings (SSSR count). The molecule has 2 heterocycles. The maximum atomic E-state index is 12.1. The van der Waals surface area contributed by atoms with Crippen LogP contribution in [0.5, 0.6) is 0 Å². The number of nitrogens with zero attached hydrogens (tertiary/aromatic N) is 1. The van der Waals surface area contributed by atoms with Crippen LogP contribution in [0.4, 0.5) is 0 Å². The summed E-state index contributed by atoms with van der Waals surface area (Å²) in [7, 11) is 0.